The molecule has 0 atom stereocenters. The quantitative estimate of drug-likeness (QED) is 0.660. The molecule has 0 saturated heterocycles. The van der Waals surface area contributed by atoms with Gasteiger partial charge in [-0.15, -0.1) is 0 Å². The van der Waals surface area contributed by atoms with E-state index >= 15 is 0 Å². The van der Waals surface area contributed by atoms with Crippen molar-refractivity contribution in [2.45, 2.75) is 0 Å². The van der Waals surface area contributed by atoms with Crippen LogP contribution in [0.4, 0.5) is 5.69 Å². The van der Waals surface area contributed by atoms with Crippen molar-refractivity contribution in [1.29, 1.82) is 0 Å². The number of fused-ring (bicyclic) bond motifs is 3. The van der Waals surface area contributed by atoms with Crippen molar-refractivity contribution in [3.63, 3.8) is 0 Å². The van der Waals surface area contributed by atoms with Gasteiger partial charge in [-0.3, -0.25) is 4.90 Å². The Kier molecular flexibility index (Phi) is 1.44. The van der Waals surface area contributed by atoms with Crippen LogP contribution in [0.25, 0.3) is 0 Å². The fourth-order valence-corrected chi connectivity index (χ4v) is 1.60. The lowest BCUT2D eigenvalue weighted by molar-refractivity contribution is 1.03. The Morgan fingerprint density at radius 2 is 2.21 bits per heavy atom. The van der Waals surface area contributed by atoms with Crippen LogP contribution in [-0.2, 0) is 0 Å². The first-order chi connectivity index (χ1) is 6.95. The Morgan fingerprint density at radius 1 is 1.29 bits per heavy atom. The topological polar surface area (TPSA) is 27.6 Å². The molecule has 0 spiro atoms. The summed E-state index contributed by atoms with van der Waals surface area (Å²) in [5.74, 6) is 0.867. The van der Waals surface area contributed by atoms with Crippen molar-refractivity contribution >= 4 is 11.9 Å². The monoisotopic (exact) mass is 182 g/mol. The lowest BCUT2D eigenvalue weighted by Gasteiger charge is -2.17. The van der Waals surface area contributed by atoms with E-state index in [-0.39, 0.29) is 0 Å². The Morgan fingerprint density at radius 3 is 3.21 bits per heavy atom. The molecule has 1 N–H and O–H groups in total. The Labute approximate surface area is 82.1 Å². The minimum absolute atomic E-state index is 0.867. The fourth-order valence-electron chi connectivity index (χ4n) is 1.60. The third kappa shape index (κ3) is 0.956. The molecule has 1 radical (unpaired) electrons. The van der Waals surface area contributed by atoms with Crippen LogP contribution in [-0.4, -0.2) is 6.21 Å². The van der Waals surface area contributed by atoms with Gasteiger partial charge < -0.3 is 5.32 Å². The molecule has 2 aliphatic heterocycles. The zero-order valence-corrected chi connectivity index (χ0v) is 7.44. The smallest absolute Gasteiger partial charge is 0.143 e. The Hall–Kier alpha value is -2.03. The molecular formula is C11H8N3. The maximum absolute atomic E-state index is 4.10. The van der Waals surface area contributed by atoms with Crippen molar-refractivity contribution in [2.24, 2.45) is 4.99 Å². The molecule has 0 aromatic heterocycles. The van der Waals surface area contributed by atoms with Crippen molar-refractivity contribution in [3.05, 3.63) is 54.2 Å². The highest BCUT2D eigenvalue weighted by atomic mass is 15.3. The van der Waals surface area contributed by atoms with Crippen LogP contribution in [0.3, 0.4) is 0 Å². The lowest BCUT2D eigenvalue weighted by atomic mass is 10.2. The zero-order valence-electron chi connectivity index (χ0n) is 7.44. The molecule has 2 heterocycles. The second-order valence-electron chi connectivity index (χ2n) is 3.11. The molecule has 1 aromatic rings. The summed E-state index contributed by atoms with van der Waals surface area (Å²) in [4.78, 5) is 6.13. The molecule has 14 heavy (non-hydrogen) atoms. The Bertz CT molecular complexity index is 457. The van der Waals surface area contributed by atoms with Gasteiger partial charge in [-0.1, -0.05) is 18.2 Å². The van der Waals surface area contributed by atoms with Crippen LogP contribution < -0.4 is 10.2 Å². The molecule has 3 nitrogen and oxygen atoms in total. The van der Waals surface area contributed by atoms with Gasteiger partial charge in [0.25, 0.3) is 0 Å². The number of hydrogen-bond acceptors (Lipinski definition) is 3. The van der Waals surface area contributed by atoms with E-state index in [1.807, 2.05) is 41.7 Å². The van der Waals surface area contributed by atoms with E-state index in [2.05, 4.69) is 22.6 Å². The highest BCUT2D eigenvalue weighted by Crippen LogP contribution is 2.26. The van der Waals surface area contributed by atoms with Crippen LogP contribution in [0.2, 0.25) is 0 Å². The van der Waals surface area contributed by atoms with Gasteiger partial charge in [-0.25, -0.2) is 4.99 Å². The van der Waals surface area contributed by atoms with E-state index in [0.29, 0.717) is 0 Å². The minimum atomic E-state index is 0.867. The molecule has 0 saturated carbocycles. The molecule has 0 fully saturated rings. The molecule has 2 aliphatic rings. The molecule has 0 unspecified atom stereocenters. The van der Waals surface area contributed by atoms with Gasteiger partial charge in [-0.2, -0.15) is 0 Å². The summed E-state index contributed by atoms with van der Waals surface area (Å²) < 4.78 is 0. The van der Waals surface area contributed by atoms with Gasteiger partial charge in [0.15, 0.2) is 0 Å². The zero-order chi connectivity index (χ0) is 9.38. The highest BCUT2D eigenvalue weighted by Gasteiger charge is 2.17. The van der Waals surface area contributed by atoms with Gasteiger partial charge in [-0.05, 0) is 6.07 Å². The lowest BCUT2D eigenvalue weighted by Crippen LogP contribution is -2.17. The second kappa shape index (κ2) is 2.73. The third-order valence-electron chi connectivity index (χ3n) is 2.25. The fraction of sp³-hybridized carbons (Fsp3) is 0. The molecule has 3 heteroatoms. The first-order valence-corrected chi connectivity index (χ1v) is 4.43. The number of aliphatic imine (C=N–C) groups is 1. The first kappa shape index (κ1) is 7.38. The maximum atomic E-state index is 4.10. The molecule has 0 amide bonds. The molecular weight excluding hydrogens is 174 g/mol. The first-order valence-electron chi connectivity index (χ1n) is 4.43. The maximum Gasteiger partial charge on any atom is 0.143 e. The van der Waals surface area contributed by atoms with Crippen LogP contribution >= 0.6 is 0 Å². The van der Waals surface area contributed by atoms with Gasteiger partial charge in [0.2, 0.25) is 0 Å². The minimum Gasteiger partial charge on any atom is -0.344 e. The predicted octanol–water partition coefficient (Wildman–Crippen LogP) is 1.60. The van der Waals surface area contributed by atoms with Crippen LogP contribution in [0.5, 0.6) is 0 Å². The van der Waals surface area contributed by atoms with E-state index in [1.54, 1.807) is 0 Å². The number of anilines is 1. The summed E-state index contributed by atoms with van der Waals surface area (Å²) in [6.07, 6.45) is 8.59. The molecule has 3 rings (SSSR count). The second-order valence-corrected chi connectivity index (χ2v) is 3.11. The van der Waals surface area contributed by atoms with Crippen molar-refractivity contribution in [3.8, 4) is 0 Å². The van der Waals surface area contributed by atoms with Crippen molar-refractivity contribution in [2.75, 3.05) is 4.90 Å². The average Bonchev–Trinajstić information content (AvgIpc) is 2.61. The standard InChI is InChI=1S/C11H8N3/c1-2-4-10-9(3-1)7-12-8-11-13-5-6-14(10)11/h1-7,13H. The Balaban J connectivity index is 2.21. The number of benzene rings is 1. The summed E-state index contributed by atoms with van der Waals surface area (Å²) in [5, 5.41) is 3.08. The average molecular weight is 182 g/mol. The number of para-hydroxylation sites is 1. The van der Waals surface area contributed by atoms with E-state index < -0.39 is 0 Å². The normalized spacial score (nSPS) is 16.9. The van der Waals surface area contributed by atoms with E-state index in [1.165, 1.54) is 0 Å². The van der Waals surface area contributed by atoms with E-state index in [4.69, 9.17) is 0 Å². The van der Waals surface area contributed by atoms with E-state index in [9.17, 15) is 0 Å². The van der Waals surface area contributed by atoms with Crippen molar-refractivity contribution < 1.29 is 0 Å². The summed E-state index contributed by atoms with van der Waals surface area (Å²) >= 11 is 0. The number of nitrogens with one attached hydrogen (secondary N) is 1. The highest BCUT2D eigenvalue weighted by molar-refractivity contribution is 5.90. The summed E-state index contributed by atoms with van der Waals surface area (Å²) in [6.45, 7) is 0. The molecule has 0 aliphatic carbocycles. The number of hydrogen-bond donors (Lipinski definition) is 1. The van der Waals surface area contributed by atoms with Crippen LogP contribution in [0.15, 0.2) is 47.5 Å². The molecule has 1 aromatic carbocycles. The molecule has 0 bridgehead atoms. The summed E-state index contributed by atoms with van der Waals surface area (Å²) in [7, 11) is 0. The van der Waals surface area contributed by atoms with Gasteiger partial charge >= 0.3 is 0 Å². The summed E-state index contributed by atoms with van der Waals surface area (Å²) in [5.41, 5.74) is 2.22. The van der Waals surface area contributed by atoms with Gasteiger partial charge in [0.1, 0.15) is 12.0 Å². The van der Waals surface area contributed by atoms with E-state index in [0.717, 1.165) is 17.1 Å². The number of rotatable bonds is 0. The number of nitrogens with zero attached hydrogens (tertiary/aromatic N) is 2. The van der Waals surface area contributed by atoms with Gasteiger partial charge in [0, 0.05) is 24.2 Å². The largest absolute Gasteiger partial charge is 0.344 e. The third-order valence-corrected chi connectivity index (χ3v) is 2.25. The SMILES string of the molecule is [C]1=C2NC=CN2c2ccccc2C=N1. The predicted molar refractivity (Wildman–Crippen MR) is 55.5 cm³/mol. The van der Waals surface area contributed by atoms with Crippen molar-refractivity contribution in [1.82, 2.24) is 5.32 Å². The van der Waals surface area contributed by atoms with Gasteiger partial charge in [0.05, 0.1) is 5.69 Å². The molecule has 67 valence electrons. The van der Waals surface area contributed by atoms with Crippen LogP contribution in [0.1, 0.15) is 5.56 Å². The summed E-state index contributed by atoms with van der Waals surface area (Å²) in [6, 6.07) is 8.12. The van der Waals surface area contributed by atoms with Crippen LogP contribution in [0, 0.1) is 6.20 Å².